The summed E-state index contributed by atoms with van der Waals surface area (Å²) in [5, 5.41) is 5.13. The minimum absolute atomic E-state index is 0.0600. The number of thioether (sulfide) groups is 1. The van der Waals surface area contributed by atoms with Gasteiger partial charge >= 0.3 is 0 Å². The smallest absolute Gasteiger partial charge is 0.257 e. The zero-order valence-electron chi connectivity index (χ0n) is 15.2. The number of para-hydroxylation sites is 1. The second-order valence-corrected chi connectivity index (χ2v) is 7.79. The third kappa shape index (κ3) is 4.13. The van der Waals surface area contributed by atoms with E-state index in [9.17, 15) is 4.79 Å². The Balaban J connectivity index is 1.32. The van der Waals surface area contributed by atoms with Gasteiger partial charge in [-0.2, -0.15) is 0 Å². The Morgan fingerprint density at radius 1 is 1.25 bits per heavy atom. The lowest BCUT2D eigenvalue weighted by Gasteiger charge is -2.07. The third-order valence-electron chi connectivity index (χ3n) is 4.38. The number of aryl methyl sites for hydroxylation is 1. The number of rotatable bonds is 6. The molecule has 0 aliphatic heterocycles. The van der Waals surface area contributed by atoms with E-state index in [0.29, 0.717) is 27.9 Å². The molecule has 2 aromatic heterocycles. The standard InChI is InChI=1S/C21H18ClN3O2S/c1-13-10-16(22)11-17-20(13)27-21(25-17)28-12-18(26)23-9-7-15-5-2-4-14-6-3-8-24-19(14)15/h2-6,8,10-11H,7,9,12H2,1H3,(H,23,26). The Morgan fingerprint density at radius 3 is 3.00 bits per heavy atom. The maximum absolute atomic E-state index is 12.2. The lowest BCUT2D eigenvalue weighted by molar-refractivity contribution is -0.118. The van der Waals surface area contributed by atoms with E-state index in [-0.39, 0.29) is 11.7 Å². The van der Waals surface area contributed by atoms with Gasteiger partial charge in [-0.1, -0.05) is 47.6 Å². The number of oxazole rings is 1. The van der Waals surface area contributed by atoms with Crippen LogP contribution in [0.15, 0.2) is 58.3 Å². The van der Waals surface area contributed by atoms with Crippen LogP contribution >= 0.6 is 23.4 Å². The number of fused-ring (bicyclic) bond motifs is 2. The fourth-order valence-electron chi connectivity index (χ4n) is 3.08. The van der Waals surface area contributed by atoms with Gasteiger partial charge in [-0.25, -0.2) is 4.98 Å². The van der Waals surface area contributed by atoms with Crippen LogP contribution in [0.2, 0.25) is 5.02 Å². The maximum Gasteiger partial charge on any atom is 0.257 e. The number of carbonyl (C=O) groups excluding carboxylic acids is 1. The van der Waals surface area contributed by atoms with Crippen LogP contribution < -0.4 is 5.32 Å². The van der Waals surface area contributed by atoms with Crippen LogP contribution in [0.3, 0.4) is 0 Å². The van der Waals surface area contributed by atoms with Crippen molar-refractivity contribution >= 4 is 51.3 Å². The second kappa shape index (κ2) is 8.20. The Labute approximate surface area is 171 Å². The number of hydrogen-bond donors (Lipinski definition) is 1. The van der Waals surface area contributed by atoms with Crippen molar-refractivity contribution < 1.29 is 9.21 Å². The number of carbonyl (C=O) groups is 1. The average molecular weight is 412 g/mol. The molecule has 5 nitrogen and oxygen atoms in total. The van der Waals surface area contributed by atoms with Gasteiger partial charge < -0.3 is 9.73 Å². The first-order chi connectivity index (χ1) is 13.6. The SMILES string of the molecule is Cc1cc(Cl)cc2nc(SCC(=O)NCCc3cccc4cccnc34)oc12. The maximum atomic E-state index is 12.2. The molecular formula is C21H18ClN3O2S. The molecule has 4 rings (SSSR count). The molecule has 0 fully saturated rings. The highest BCUT2D eigenvalue weighted by Gasteiger charge is 2.12. The number of benzene rings is 2. The Bertz CT molecular complexity index is 1150. The van der Waals surface area contributed by atoms with Gasteiger partial charge in [-0.15, -0.1) is 0 Å². The highest BCUT2D eigenvalue weighted by Crippen LogP contribution is 2.28. The van der Waals surface area contributed by atoms with Gasteiger partial charge in [0.15, 0.2) is 5.58 Å². The van der Waals surface area contributed by atoms with E-state index in [1.54, 1.807) is 12.3 Å². The molecule has 0 unspecified atom stereocenters. The van der Waals surface area contributed by atoms with E-state index < -0.39 is 0 Å². The molecule has 0 saturated carbocycles. The molecule has 4 aromatic rings. The van der Waals surface area contributed by atoms with Crippen molar-refractivity contribution in [1.29, 1.82) is 0 Å². The fourth-order valence-corrected chi connectivity index (χ4v) is 4.01. The fraction of sp³-hybridized carbons (Fsp3) is 0.190. The van der Waals surface area contributed by atoms with E-state index in [1.165, 1.54) is 11.8 Å². The Morgan fingerprint density at radius 2 is 2.11 bits per heavy atom. The van der Waals surface area contributed by atoms with Crippen LogP contribution in [0.25, 0.3) is 22.0 Å². The van der Waals surface area contributed by atoms with Crippen molar-refractivity contribution in [2.45, 2.75) is 18.6 Å². The van der Waals surface area contributed by atoms with Gasteiger partial charge in [0.2, 0.25) is 5.91 Å². The van der Waals surface area contributed by atoms with Gasteiger partial charge in [0.25, 0.3) is 5.22 Å². The molecule has 0 spiro atoms. The molecule has 0 aliphatic carbocycles. The van der Waals surface area contributed by atoms with Crippen LogP contribution in [0, 0.1) is 6.92 Å². The number of nitrogens with one attached hydrogen (secondary N) is 1. The summed E-state index contributed by atoms with van der Waals surface area (Å²) in [4.78, 5) is 21.0. The first-order valence-electron chi connectivity index (χ1n) is 8.89. The molecule has 0 bridgehead atoms. The Hall–Kier alpha value is -2.57. The summed E-state index contributed by atoms with van der Waals surface area (Å²) in [5.41, 5.74) is 4.44. The molecule has 0 atom stereocenters. The first-order valence-corrected chi connectivity index (χ1v) is 10.3. The van der Waals surface area contributed by atoms with Gasteiger partial charge in [-0.3, -0.25) is 9.78 Å². The predicted molar refractivity (Wildman–Crippen MR) is 113 cm³/mol. The lowest BCUT2D eigenvalue weighted by Crippen LogP contribution is -2.27. The van der Waals surface area contributed by atoms with Gasteiger partial charge in [0, 0.05) is 23.2 Å². The summed E-state index contributed by atoms with van der Waals surface area (Å²) >= 11 is 7.32. The number of hydrogen-bond acceptors (Lipinski definition) is 5. The molecule has 0 radical (unpaired) electrons. The zero-order valence-corrected chi connectivity index (χ0v) is 16.8. The highest BCUT2D eigenvalue weighted by atomic mass is 35.5. The zero-order chi connectivity index (χ0) is 19.5. The number of halogens is 1. The lowest BCUT2D eigenvalue weighted by atomic mass is 10.1. The molecule has 2 heterocycles. The first kappa shape index (κ1) is 18.8. The summed E-state index contributed by atoms with van der Waals surface area (Å²) in [6.07, 6.45) is 2.52. The number of nitrogens with zero attached hydrogens (tertiary/aromatic N) is 2. The van der Waals surface area contributed by atoms with E-state index in [4.69, 9.17) is 16.0 Å². The molecule has 142 valence electrons. The molecule has 1 N–H and O–H groups in total. The minimum Gasteiger partial charge on any atom is -0.431 e. The normalized spacial score (nSPS) is 11.2. The highest BCUT2D eigenvalue weighted by molar-refractivity contribution is 7.99. The molecule has 0 saturated heterocycles. The van der Waals surface area contributed by atoms with E-state index >= 15 is 0 Å². The van der Waals surface area contributed by atoms with E-state index in [1.807, 2.05) is 43.3 Å². The van der Waals surface area contributed by atoms with Crippen LogP contribution in [0.1, 0.15) is 11.1 Å². The molecule has 1 amide bonds. The average Bonchev–Trinajstić information content (AvgIpc) is 3.10. The molecule has 2 aromatic carbocycles. The van der Waals surface area contributed by atoms with Gasteiger partial charge in [0.1, 0.15) is 5.52 Å². The predicted octanol–water partition coefficient (Wildman–Crippen LogP) is 4.79. The second-order valence-electron chi connectivity index (χ2n) is 6.43. The van der Waals surface area contributed by atoms with E-state index in [0.717, 1.165) is 28.5 Å². The number of pyridine rings is 1. The number of amides is 1. The van der Waals surface area contributed by atoms with Gasteiger partial charge in [-0.05, 0) is 42.7 Å². The van der Waals surface area contributed by atoms with Crippen molar-refractivity contribution in [3.05, 3.63) is 64.8 Å². The summed E-state index contributed by atoms with van der Waals surface area (Å²) in [6, 6.07) is 13.6. The monoisotopic (exact) mass is 411 g/mol. The largest absolute Gasteiger partial charge is 0.431 e. The molecule has 0 aliphatic rings. The quantitative estimate of drug-likeness (QED) is 0.462. The summed E-state index contributed by atoms with van der Waals surface area (Å²) in [5.74, 6) is 0.183. The number of aromatic nitrogens is 2. The topological polar surface area (TPSA) is 68.0 Å². The van der Waals surface area contributed by atoms with Crippen LogP contribution in [-0.4, -0.2) is 28.2 Å². The summed E-state index contributed by atoms with van der Waals surface area (Å²) in [7, 11) is 0. The van der Waals surface area contributed by atoms with E-state index in [2.05, 4.69) is 15.3 Å². The van der Waals surface area contributed by atoms with Crippen molar-refractivity contribution in [3.8, 4) is 0 Å². The Kier molecular flexibility index (Phi) is 5.50. The van der Waals surface area contributed by atoms with Crippen molar-refractivity contribution in [1.82, 2.24) is 15.3 Å². The summed E-state index contributed by atoms with van der Waals surface area (Å²) in [6.45, 7) is 2.47. The van der Waals surface area contributed by atoms with Crippen molar-refractivity contribution in [3.63, 3.8) is 0 Å². The third-order valence-corrected chi connectivity index (χ3v) is 5.43. The summed E-state index contributed by atoms with van der Waals surface area (Å²) < 4.78 is 5.73. The van der Waals surface area contributed by atoms with Crippen molar-refractivity contribution in [2.75, 3.05) is 12.3 Å². The van der Waals surface area contributed by atoms with Crippen molar-refractivity contribution in [2.24, 2.45) is 0 Å². The minimum atomic E-state index is -0.0600. The van der Waals surface area contributed by atoms with Crippen LogP contribution in [0.5, 0.6) is 0 Å². The van der Waals surface area contributed by atoms with Gasteiger partial charge in [0.05, 0.1) is 11.3 Å². The molecule has 7 heteroatoms. The van der Waals surface area contributed by atoms with Crippen LogP contribution in [-0.2, 0) is 11.2 Å². The molecule has 28 heavy (non-hydrogen) atoms. The van der Waals surface area contributed by atoms with Crippen LogP contribution in [0.4, 0.5) is 0 Å². The molecular weight excluding hydrogens is 394 g/mol.